The highest BCUT2D eigenvalue weighted by Crippen LogP contribution is 2.36. The van der Waals surface area contributed by atoms with Crippen LogP contribution in [0.15, 0.2) is 66.7 Å². The maximum atomic E-state index is 14.2. The molecule has 0 spiro atoms. The van der Waals surface area contributed by atoms with Gasteiger partial charge < -0.3 is 24.4 Å². The van der Waals surface area contributed by atoms with E-state index in [1.54, 1.807) is 0 Å². The number of hydrogen-bond donors (Lipinski definition) is 1. The molecule has 3 aromatic rings. The summed E-state index contributed by atoms with van der Waals surface area (Å²) in [5.41, 5.74) is 4.06. The maximum absolute atomic E-state index is 14.2. The van der Waals surface area contributed by atoms with E-state index in [2.05, 4.69) is 17.4 Å². The summed E-state index contributed by atoms with van der Waals surface area (Å²) in [5.74, 6) is 1.05. The molecule has 42 heavy (non-hydrogen) atoms. The fourth-order valence-electron chi connectivity index (χ4n) is 5.81. The molecule has 0 aliphatic heterocycles. The lowest BCUT2D eigenvalue weighted by Crippen LogP contribution is -2.59. The molecule has 7 nitrogen and oxygen atoms in total. The van der Waals surface area contributed by atoms with Crippen molar-refractivity contribution in [1.29, 1.82) is 0 Å². The maximum Gasteiger partial charge on any atom is 0.332 e. The highest BCUT2D eigenvalue weighted by Gasteiger charge is 2.47. The molecule has 224 valence electrons. The third kappa shape index (κ3) is 7.07. The van der Waals surface area contributed by atoms with Gasteiger partial charge in [-0.1, -0.05) is 54.6 Å². The number of unbranched alkanes of at least 4 members (excludes halogenated alkanes) is 1. The van der Waals surface area contributed by atoms with Crippen molar-refractivity contribution in [3.05, 3.63) is 94.5 Å². The summed E-state index contributed by atoms with van der Waals surface area (Å²) in [6.45, 7) is 9.47. The molecule has 0 saturated carbocycles. The average molecular weight is 573 g/mol. The third-order valence-electron chi connectivity index (χ3n) is 8.13. The lowest BCUT2D eigenvalue weighted by atomic mass is 9.95. The molecule has 0 fully saturated rings. The SMILES string of the molecule is CCOc1cc(C(C)N(CCCCc2ccccc2)C(=O)NC2(C(=O)OC)Cc3ccccc3C2)cc(OCC)c1C. The third-order valence-corrected chi connectivity index (χ3v) is 8.13. The van der Waals surface area contributed by atoms with Crippen LogP contribution in [0.4, 0.5) is 4.79 Å². The van der Waals surface area contributed by atoms with Gasteiger partial charge in [0.1, 0.15) is 17.0 Å². The van der Waals surface area contributed by atoms with Gasteiger partial charge in [0.05, 0.1) is 26.4 Å². The molecule has 1 atom stereocenters. The monoisotopic (exact) mass is 572 g/mol. The normalized spacial score (nSPS) is 14.0. The van der Waals surface area contributed by atoms with Gasteiger partial charge >= 0.3 is 12.0 Å². The Morgan fingerprint density at radius 1 is 0.905 bits per heavy atom. The topological polar surface area (TPSA) is 77.1 Å². The summed E-state index contributed by atoms with van der Waals surface area (Å²) in [6, 6.07) is 21.7. The number of fused-ring (bicyclic) bond motifs is 1. The van der Waals surface area contributed by atoms with Gasteiger partial charge in [-0.3, -0.25) is 0 Å². The van der Waals surface area contributed by atoms with Gasteiger partial charge in [-0.2, -0.15) is 0 Å². The van der Waals surface area contributed by atoms with E-state index < -0.39 is 11.5 Å². The Balaban J connectivity index is 1.62. The molecule has 4 rings (SSSR count). The summed E-state index contributed by atoms with van der Waals surface area (Å²) in [4.78, 5) is 29.2. The van der Waals surface area contributed by atoms with Gasteiger partial charge in [0.2, 0.25) is 0 Å². The largest absolute Gasteiger partial charge is 0.493 e. The zero-order chi connectivity index (χ0) is 30.1. The summed E-state index contributed by atoms with van der Waals surface area (Å²) in [5, 5.41) is 3.14. The van der Waals surface area contributed by atoms with Crippen LogP contribution in [0.3, 0.4) is 0 Å². The Kier molecular flexibility index (Phi) is 10.5. The van der Waals surface area contributed by atoms with Crippen LogP contribution in [-0.4, -0.2) is 49.3 Å². The van der Waals surface area contributed by atoms with Crippen molar-refractivity contribution < 1.29 is 23.8 Å². The minimum absolute atomic E-state index is 0.295. The van der Waals surface area contributed by atoms with E-state index in [0.29, 0.717) is 32.6 Å². The number of rotatable bonds is 13. The summed E-state index contributed by atoms with van der Waals surface area (Å²) >= 11 is 0. The predicted molar refractivity (Wildman–Crippen MR) is 165 cm³/mol. The van der Waals surface area contributed by atoms with E-state index in [1.165, 1.54) is 12.7 Å². The molecular formula is C35H44N2O5. The molecular weight excluding hydrogens is 528 g/mol. The minimum atomic E-state index is -1.15. The van der Waals surface area contributed by atoms with Gasteiger partial charge in [0, 0.05) is 24.9 Å². The highest BCUT2D eigenvalue weighted by molar-refractivity contribution is 5.89. The summed E-state index contributed by atoms with van der Waals surface area (Å²) in [6.07, 6.45) is 3.45. The van der Waals surface area contributed by atoms with Crippen LogP contribution in [0.1, 0.15) is 67.5 Å². The van der Waals surface area contributed by atoms with Gasteiger partial charge in [-0.25, -0.2) is 9.59 Å². The van der Waals surface area contributed by atoms with Crippen LogP contribution < -0.4 is 14.8 Å². The molecule has 1 unspecified atom stereocenters. The van der Waals surface area contributed by atoms with Crippen molar-refractivity contribution in [3.63, 3.8) is 0 Å². The Bertz CT molecular complexity index is 1300. The second-order valence-corrected chi connectivity index (χ2v) is 10.9. The number of aryl methyl sites for hydroxylation is 1. The number of nitrogens with zero attached hydrogens (tertiary/aromatic N) is 1. The Labute approximate surface area is 250 Å². The van der Waals surface area contributed by atoms with Crippen LogP contribution in [-0.2, 0) is 28.8 Å². The van der Waals surface area contributed by atoms with Crippen molar-refractivity contribution in [2.45, 2.75) is 71.4 Å². The number of benzene rings is 3. The molecule has 0 radical (unpaired) electrons. The first kappa shape index (κ1) is 30.9. The zero-order valence-corrected chi connectivity index (χ0v) is 25.6. The molecule has 1 aliphatic carbocycles. The molecule has 3 aromatic carbocycles. The van der Waals surface area contributed by atoms with Gasteiger partial charge in [0.25, 0.3) is 0 Å². The molecule has 0 heterocycles. The minimum Gasteiger partial charge on any atom is -0.493 e. The first-order valence-electron chi connectivity index (χ1n) is 15.0. The van der Waals surface area contributed by atoms with Crippen molar-refractivity contribution in [2.75, 3.05) is 26.9 Å². The van der Waals surface area contributed by atoms with Crippen LogP contribution in [0, 0.1) is 6.92 Å². The number of nitrogens with one attached hydrogen (secondary N) is 1. The van der Waals surface area contributed by atoms with Gasteiger partial charge in [0.15, 0.2) is 0 Å². The lowest BCUT2D eigenvalue weighted by molar-refractivity contribution is -0.147. The van der Waals surface area contributed by atoms with E-state index in [9.17, 15) is 9.59 Å². The number of esters is 1. The highest BCUT2D eigenvalue weighted by atomic mass is 16.5. The molecule has 0 saturated heterocycles. The molecule has 1 aliphatic rings. The van der Waals surface area contributed by atoms with Crippen molar-refractivity contribution >= 4 is 12.0 Å². The zero-order valence-electron chi connectivity index (χ0n) is 25.6. The van der Waals surface area contributed by atoms with E-state index in [0.717, 1.165) is 53.0 Å². The molecule has 0 aromatic heterocycles. The van der Waals surface area contributed by atoms with Crippen molar-refractivity contribution in [3.8, 4) is 11.5 Å². The quantitative estimate of drug-likeness (QED) is 0.185. The van der Waals surface area contributed by atoms with E-state index in [-0.39, 0.29) is 12.1 Å². The van der Waals surface area contributed by atoms with E-state index in [4.69, 9.17) is 14.2 Å². The van der Waals surface area contributed by atoms with Crippen LogP contribution in [0.25, 0.3) is 0 Å². The number of carbonyl (C=O) groups is 2. The van der Waals surface area contributed by atoms with Crippen LogP contribution >= 0.6 is 0 Å². The number of amides is 2. The van der Waals surface area contributed by atoms with Crippen LogP contribution in [0.2, 0.25) is 0 Å². The standard InChI is InChI=1S/C35H44N2O5/c1-6-41-31-21-30(22-32(25(31)3)42-7-2)26(4)37(20-14-13-17-27-15-9-8-10-16-27)34(39)36-35(33(38)40-5)23-28-18-11-12-19-29(28)24-35/h8-12,15-16,18-19,21-22,26H,6-7,13-14,17,20,23-24H2,1-5H3,(H,36,39). The Morgan fingerprint density at radius 2 is 1.48 bits per heavy atom. The van der Waals surface area contributed by atoms with Crippen molar-refractivity contribution in [2.24, 2.45) is 0 Å². The second kappa shape index (κ2) is 14.3. The first-order chi connectivity index (χ1) is 20.3. The van der Waals surface area contributed by atoms with E-state index >= 15 is 0 Å². The van der Waals surface area contributed by atoms with Crippen LogP contribution in [0.5, 0.6) is 11.5 Å². The number of hydrogen-bond acceptors (Lipinski definition) is 5. The van der Waals surface area contributed by atoms with Gasteiger partial charge in [-0.15, -0.1) is 0 Å². The molecule has 1 N–H and O–H groups in total. The molecule has 2 amide bonds. The fourth-order valence-corrected chi connectivity index (χ4v) is 5.81. The number of ether oxygens (including phenoxy) is 3. The molecule has 7 heteroatoms. The number of methoxy groups -OCH3 is 1. The second-order valence-electron chi connectivity index (χ2n) is 10.9. The summed E-state index contributed by atoms with van der Waals surface area (Å²) in [7, 11) is 1.38. The Morgan fingerprint density at radius 3 is 2.02 bits per heavy atom. The Hall–Kier alpha value is -4.00. The van der Waals surface area contributed by atoms with E-state index in [1.807, 2.05) is 87.2 Å². The number of carbonyl (C=O) groups excluding carboxylic acids is 2. The van der Waals surface area contributed by atoms with Crippen molar-refractivity contribution in [1.82, 2.24) is 10.2 Å². The fraction of sp³-hybridized carbons (Fsp3) is 0.429. The molecule has 0 bridgehead atoms. The average Bonchev–Trinajstić information content (AvgIpc) is 3.38. The van der Waals surface area contributed by atoms with Gasteiger partial charge in [-0.05, 0) is 81.3 Å². The number of urea groups is 1. The smallest absolute Gasteiger partial charge is 0.332 e. The summed E-state index contributed by atoms with van der Waals surface area (Å²) < 4.78 is 17.1. The predicted octanol–water partition coefficient (Wildman–Crippen LogP) is 6.60. The first-order valence-corrected chi connectivity index (χ1v) is 15.0. The lowest BCUT2D eigenvalue weighted by Gasteiger charge is -2.35.